The molecule has 240 valence electrons. The molecule has 1 fully saturated rings. The number of aromatic amines is 1. The highest BCUT2D eigenvalue weighted by Crippen LogP contribution is 2.42. The van der Waals surface area contributed by atoms with Crippen LogP contribution in [0.1, 0.15) is 70.9 Å². The van der Waals surface area contributed by atoms with Gasteiger partial charge in [-0.1, -0.05) is 6.07 Å². The summed E-state index contributed by atoms with van der Waals surface area (Å²) < 4.78 is 31.7. The Morgan fingerprint density at radius 3 is 2.11 bits per heavy atom. The molecule has 1 amide bonds. The standard InChI is InChI=1S/C30H40N4O2S.C2HF3O2/c1-7-34(22-12-10-21(11-13-22)33(5)6)28-20(4)24(29(31)35)17-25(27-9-8-14-37-27)26(28)16-23-18(2)15-19(3)32-30(23)36;3-2(4,5)1(6)7/h8-9,14-15,17,21-22H,7,10-13,16H2,1-6H3,(H2,31,35)(H,32,36);(H,6,7). The summed E-state index contributed by atoms with van der Waals surface area (Å²) in [4.78, 5) is 43.6. The van der Waals surface area contributed by atoms with Gasteiger partial charge >= 0.3 is 12.1 Å². The van der Waals surface area contributed by atoms with Crippen molar-refractivity contribution >= 4 is 28.9 Å². The Bertz CT molecular complexity index is 1530. The van der Waals surface area contributed by atoms with Gasteiger partial charge in [0.15, 0.2) is 0 Å². The molecule has 1 saturated carbocycles. The van der Waals surface area contributed by atoms with Crippen LogP contribution in [0.15, 0.2) is 34.4 Å². The van der Waals surface area contributed by atoms with Crippen molar-refractivity contribution in [2.24, 2.45) is 5.73 Å². The SMILES string of the molecule is CCN(c1c(C)c(C(N)=O)cc(-c2cccs2)c1Cc1c(C)cc(C)[nH]c1=O)C1CCC(N(C)C)CC1.O=C(O)C(F)(F)F. The van der Waals surface area contributed by atoms with E-state index >= 15 is 0 Å². The molecule has 2 aromatic heterocycles. The Balaban J connectivity index is 0.000000676. The minimum absolute atomic E-state index is 0.0493. The summed E-state index contributed by atoms with van der Waals surface area (Å²) in [5, 5.41) is 9.17. The smallest absolute Gasteiger partial charge is 0.475 e. The number of hydrogen-bond donors (Lipinski definition) is 3. The number of benzene rings is 1. The van der Waals surface area contributed by atoms with Gasteiger partial charge in [-0.2, -0.15) is 13.2 Å². The van der Waals surface area contributed by atoms with Crippen molar-refractivity contribution in [3.63, 3.8) is 0 Å². The number of aliphatic carboxylic acids is 1. The number of thiophene rings is 1. The maximum atomic E-state index is 13.1. The zero-order chi connectivity index (χ0) is 32.9. The molecule has 12 heteroatoms. The predicted molar refractivity (Wildman–Crippen MR) is 169 cm³/mol. The molecule has 4 N–H and O–H groups in total. The van der Waals surface area contributed by atoms with Gasteiger partial charge in [0.05, 0.1) is 0 Å². The van der Waals surface area contributed by atoms with Crippen LogP contribution in [-0.2, 0) is 11.2 Å². The summed E-state index contributed by atoms with van der Waals surface area (Å²) in [7, 11) is 4.33. The van der Waals surface area contributed by atoms with E-state index in [1.807, 2.05) is 44.4 Å². The lowest BCUT2D eigenvalue weighted by Gasteiger charge is -2.41. The number of carboxylic acids is 1. The number of rotatable bonds is 8. The molecule has 0 saturated heterocycles. The summed E-state index contributed by atoms with van der Waals surface area (Å²) in [5.41, 5.74) is 13.1. The fraction of sp³-hybridized carbons (Fsp3) is 0.469. The zero-order valence-electron chi connectivity index (χ0n) is 26.0. The molecular weight excluding hydrogens is 593 g/mol. The molecule has 0 radical (unpaired) electrons. The van der Waals surface area contributed by atoms with E-state index in [1.54, 1.807) is 11.3 Å². The lowest BCUT2D eigenvalue weighted by atomic mass is 9.86. The minimum Gasteiger partial charge on any atom is -0.475 e. The number of carbonyl (C=O) groups is 2. The summed E-state index contributed by atoms with van der Waals surface area (Å²) in [5.74, 6) is -3.17. The van der Waals surface area contributed by atoms with Gasteiger partial charge in [0.1, 0.15) is 0 Å². The van der Waals surface area contributed by atoms with Crippen molar-refractivity contribution in [1.29, 1.82) is 0 Å². The molecule has 4 rings (SSSR count). The third-order valence-corrected chi connectivity index (χ3v) is 9.17. The van der Waals surface area contributed by atoms with Crippen molar-refractivity contribution in [3.8, 4) is 10.4 Å². The van der Waals surface area contributed by atoms with E-state index in [0.29, 0.717) is 24.1 Å². The average Bonchev–Trinajstić information content (AvgIpc) is 3.47. The summed E-state index contributed by atoms with van der Waals surface area (Å²) >= 11 is 1.64. The Labute approximate surface area is 259 Å². The Hall–Kier alpha value is -3.64. The number of carbonyl (C=O) groups excluding carboxylic acids is 1. The molecule has 8 nitrogen and oxygen atoms in total. The van der Waals surface area contributed by atoms with Crippen molar-refractivity contribution in [2.75, 3.05) is 25.5 Å². The number of nitrogens with zero attached hydrogens (tertiary/aromatic N) is 2. The number of anilines is 1. The van der Waals surface area contributed by atoms with Crippen LogP contribution in [0.4, 0.5) is 18.9 Å². The van der Waals surface area contributed by atoms with Gasteiger partial charge in [0.25, 0.3) is 5.56 Å². The molecule has 0 spiro atoms. The number of aryl methyl sites for hydroxylation is 2. The first-order valence-electron chi connectivity index (χ1n) is 14.5. The van der Waals surface area contributed by atoms with Crippen LogP contribution in [0.3, 0.4) is 0 Å². The number of carboxylic acid groups (broad SMARTS) is 1. The van der Waals surface area contributed by atoms with E-state index in [-0.39, 0.29) is 5.56 Å². The topological polar surface area (TPSA) is 120 Å². The molecule has 0 aliphatic heterocycles. The third-order valence-electron chi connectivity index (χ3n) is 8.27. The number of aromatic nitrogens is 1. The average molecular weight is 635 g/mol. The number of hydrogen-bond acceptors (Lipinski definition) is 6. The summed E-state index contributed by atoms with van der Waals surface area (Å²) in [6.45, 7) is 8.94. The molecule has 3 aromatic rings. The fourth-order valence-corrected chi connectivity index (χ4v) is 6.83. The first-order valence-corrected chi connectivity index (χ1v) is 15.4. The molecule has 1 aliphatic rings. The maximum absolute atomic E-state index is 13.1. The van der Waals surface area contributed by atoms with Gasteiger partial charge in [-0.3, -0.25) is 9.59 Å². The van der Waals surface area contributed by atoms with Crippen molar-refractivity contribution in [1.82, 2.24) is 9.88 Å². The highest BCUT2D eigenvalue weighted by Gasteiger charge is 2.38. The quantitative estimate of drug-likeness (QED) is 0.278. The predicted octanol–water partition coefficient (Wildman–Crippen LogP) is 6.05. The van der Waals surface area contributed by atoms with Gasteiger partial charge in [0, 0.05) is 52.4 Å². The Kier molecular flexibility index (Phi) is 11.4. The number of pyridine rings is 1. The second-order valence-electron chi connectivity index (χ2n) is 11.4. The second kappa shape index (κ2) is 14.4. The molecule has 0 unspecified atom stereocenters. The number of nitrogens with two attached hydrogens (primary N) is 1. The lowest BCUT2D eigenvalue weighted by Crippen LogP contribution is -2.43. The van der Waals surface area contributed by atoms with Gasteiger partial charge in [-0.15, -0.1) is 11.3 Å². The highest BCUT2D eigenvalue weighted by molar-refractivity contribution is 7.13. The van der Waals surface area contributed by atoms with Crippen LogP contribution >= 0.6 is 11.3 Å². The normalized spacial score (nSPS) is 16.8. The van der Waals surface area contributed by atoms with E-state index in [9.17, 15) is 22.8 Å². The molecular formula is C32H41F3N4O4S. The third kappa shape index (κ3) is 8.09. The largest absolute Gasteiger partial charge is 0.490 e. The molecule has 2 heterocycles. The minimum atomic E-state index is -5.08. The molecule has 1 aromatic carbocycles. The van der Waals surface area contributed by atoms with E-state index in [0.717, 1.165) is 76.3 Å². The van der Waals surface area contributed by atoms with Gasteiger partial charge in [-0.25, -0.2) is 4.79 Å². The van der Waals surface area contributed by atoms with Gasteiger partial charge < -0.3 is 25.6 Å². The van der Waals surface area contributed by atoms with E-state index in [2.05, 4.69) is 41.9 Å². The van der Waals surface area contributed by atoms with Crippen molar-refractivity contribution in [2.45, 2.75) is 78.1 Å². The van der Waals surface area contributed by atoms with Crippen LogP contribution in [-0.4, -0.2) is 65.8 Å². The number of H-pyrrole nitrogens is 1. The van der Waals surface area contributed by atoms with Crippen molar-refractivity contribution in [3.05, 3.63) is 73.5 Å². The number of nitrogens with one attached hydrogen (secondary N) is 1. The molecule has 1 aliphatic carbocycles. The van der Waals surface area contributed by atoms with Crippen LogP contribution in [0, 0.1) is 20.8 Å². The number of amides is 1. The van der Waals surface area contributed by atoms with Gasteiger partial charge in [-0.05, 0) is 113 Å². The number of alkyl halides is 3. The number of halogens is 3. The van der Waals surface area contributed by atoms with Crippen LogP contribution in [0.25, 0.3) is 10.4 Å². The summed E-state index contributed by atoms with van der Waals surface area (Å²) in [6, 6.07) is 9.05. The van der Waals surface area contributed by atoms with E-state index in [1.165, 1.54) is 0 Å². The molecule has 0 bridgehead atoms. The summed E-state index contributed by atoms with van der Waals surface area (Å²) in [6.07, 6.45) is -0.115. The zero-order valence-corrected chi connectivity index (χ0v) is 26.8. The van der Waals surface area contributed by atoms with E-state index < -0.39 is 18.1 Å². The first kappa shape index (κ1) is 34.8. The first-order chi connectivity index (χ1) is 20.6. The highest BCUT2D eigenvalue weighted by atomic mass is 32.1. The van der Waals surface area contributed by atoms with Crippen LogP contribution in [0.5, 0.6) is 0 Å². The maximum Gasteiger partial charge on any atom is 0.490 e. The van der Waals surface area contributed by atoms with Crippen molar-refractivity contribution < 1.29 is 27.9 Å². The number of primary amides is 1. The monoisotopic (exact) mass is 634 g/mol. The second-order valence-corrected chi connectivity index (χ2v) is 12.3. The molecule has 0 atom stereocenters. The van der Waals surface area contributed by atoms with Crippen LogP contribution in [0.2, 0.25) is 0 Å². The van der Waals surface area contributed by atoms with Gasteiger partial charge in [0.2, 0.25) is 5.91 Å². The van der Waals surface area contributed by atoms with Crippen LogP contribution < -0.4 is 16.2 Å². The molecule has 44 heavy (non-hydrogen) atoms. The Morgan fingerprint density at radius 2 is 1.66 bits per heavy atom. The lowest BCUT2D eigenvalue weighted by molar-refractivity contribution is -0.192. The van der Waals surface area contributed by atoms with E-state index in [4.69, 9.17) is 15.6 Å². The fourth-order valence-electron chi connectivity index (χ4n) is 6.06. The Morgan fingerprint density at radius 1 is 1.07 bits per heavy atom.